The highest BCUT2D eigenvalue weighted by Crippen LogP contribution is 2.44. The Kier molecular flexibility index (Phi) is 4.66. The predicted octanol–water partition coefficient (Wildman–Crippen LogP) is 3.51. The number of hydrogen-bond donors (Lipinski definition) is 3. The number of hydrogen-bond acceptors (Lipinski definition) is 4. The molecule has 4 N–H and O–H groups in total. The third kappa shape index (κ3) is 3.71. The summed E-state index contributed by atoms with van der Waals surface area (Å²) in [6, 6.07) is 5.21. The van der Waals surface area contributed by atoms with E-state index in [1.165, 1.54) is 0 Å². The fraction of sp³-hybridized carbons (Fsp3) is 0.588. The Bertz CT molecular complexity index is 543. The number of ether oxygens (including phenoxy) is 1. The lowest BCUT2D eigenvalue weighted by molar-refractivity contribution is 0.0636. The second-order valence-electron chi connectivity index (χ2n) is 7.05. The molecule has 0 bridgehead atoms. The van der Waals surface area contributed by atoms with E-state index in [9.17, 15) is 9.90 Å². The van der Waals surface area contributed by atoms with Crippen molar-refractivity contribution in [2.45, 2.75) is 57.5 Å². The van der Waals surface area contributed by atoms with Gasteiger partial charge in [0.15, 0.2) is 0 Å². The highest BCUT2D eigenvalue weighted by Gasteiger charge is 2.36. The third-order valence-electron chi connectivity index (χ3n) is 4.17. The van der Waals surface area contributed by atoms with Crippen LogP contribution in [0.25, 0.3) is 0 Å². The molecule has 1 amide bonds. The lowest BCUT2D eigenvalue weighted by Gasteiger charge is -2.29. The van der Waals surface area contributed by atoms with Crippen molar-refractivity contribution in [3.63, 3.8) is 0 Å². The van der Waals surface area contributed by atoms with E-state index in [4.69, 9.17) is 10.5 Å². The average molecular weight is 306 g/mol. The average Bonchev–Trinajstić information content (AvgIpc) is 2.86. The summed E-state index contributed by atoms with van der Waals surface area (Å²) in [6.45, 7) is 5.94. The number of aromatic hydroxyl groups is 1. The number of nitrogens with two attached hydrogens (primary N) is 1. The Morgan fingerprint density at radius 3 is 2.50 bits per heavy atom. The van der Waals surface area contributed by atoms with Crippen molar-refractivity contribution in [3.05, 3.63) is 23.8 Å². The van der Waals surface area contributed by atoms with Crippen LogP contribution in [0, 0.1) is 0 Å². The van der Waals surface area contributed by atoms with Crippen molar-refractivity contribution in [1.82, 2.24) is 0 Å². The maximum Gasteiger partial charge on any atom is 0.412 e. The predicted molar refractivity (Wildman–Crippen MR) is 87.2 cm³/mol. The molecular weight excluding hydrogens is 280 g/mol. The first-order chi connectivity index (χ1) is 10.3. The molecule has 1 aromatic carbocycles. The van der Waals surface area contributed by atoms with Crippen molar-refractivity contribution in [3.8, 4) is 5.75 Å². The van der Waals surface area contributed by atoms with Gasteiger partial charge in [-0.05, 0) is 39.7 Å². The van der Waals surface area contributed by atoms with Gasteiger partial charge >= 0.3 is 6.09 Å². The molecule has 0 atom stereocenters. The van der Waals surface area contributed by atoms with Gasteiger partial charge in [0, 0.05) is 29.3 Å². The van der Waals surface area contributed by atoms with Gasteiger partial charge in [0.2, 0.25) is 0 Å². The van der Waals surface area contributed by atoms with E-state index >= 15 is 0 Å². The number of amides is 1. The Hall–Kier alpha value is -1.75. The molecule has 0 saturated heterocycles. The van der Waals surface area contributed by atoms with Crippen LogP contribution in [0.2, 0.25) is 0 Å². The molecular formula is C17H26N2O3. The van der Waals surface area contributed by atoms with Crippen molar-refractivity contribution in [1.29, 1.82) is 0 Å². The van der Waals surface area contributed by atoms with E-state index in [-0.39, 0.29) is 11.2 Å². The Morgan fingerprint density at radius 2 is 2.00 bits per heavy atom. The molecule has 1 aliphatic carbocycles. The second kappa shape index (κ2) is 6.16. The van der Waals surface area contributed by atoms with Gasteiger partial charge in [-0.25, -0.2) is 4.79 Å². The van der Waals surface area contributed by atoms with E-state index in [0.29, 0.717) is 12.2 Å². The standard InChI is InChI=1S/C17H26N2O3/c1-16(2,3)22-15(21)19-12-6-7-13(14(20)10-12)17(11-18)8-4-5-9-17/h6-7,10,20H,4-5,8-9,11,18H2,1-3H3,(H,19,21). The summed E-state index contributed by atoms with van der Waals surface area (Å²) in [5.41, 5.74) is 6.66. The fourth-order valence-electron chi connectivity index (χ4n) is 3.11. The minimum atomic E-state index is -0.556. The highest BCUT2D eigenvalue weighted by atomic mass is 16.6. The van der Waals surface area contributed by atoms with Crippen LogP contribution in [0.15, 0.2) is 18.2 Å². The molecule has 0 unspecified atom stereocenters. The number of rotatable bonds is 3. The SMILES string of the molecule is CC(C)(C)OC(=O)Nc1ccc(C2(CN)CCCC2)c(O)c1. The first-order valence-electron chi connectivity index (χ1n) is 7.79. The van der Waals surface area contributed by atoms with Crippen LogP contribution in [0.3, 0.4) is 0 Å². The monoisotopic (exact) mass is 306 g/mol. The fourth-order valence-corrected chi connectivity index (χ4v) is 3.11. The van der Waals surface area contributed by atoms with Gasteiger partial charge in [0.05, 0.1) is 0 Å². The first-order valence-corrected chi connectivity index (χ1v) is 7.79. The topological polar surface area (TPSA) is 84.6 Å². The molecule has 5 heteroatoms. The Balaban J connectivity index is 2.15. The van der Waals surface area contributed by atoms with Crippen molar-refractivity contribution >= 4 is 11.8 Å². The van der Waals surface area contributed by atoms with Crippen LogP contribution < -0.4 is 11.1 Å². The number of phenols is 1. The van der Waals surface area contributed by atoms with Gasteiger partial charge in [-0.3, -0.25) is 5.32 Å². The molecule has 5 nitrogen and oxygen atoms in total. The van der Waals surface area contributed by atoms with Crippen LogP contribution in [-0.2, 0) is 10.2 Å². The molecule has 0 spiro atoms. The zero-order chi connectivity index (χ0) is 16.4. The summed E-state index contributed by atoms with van der Waals surface area (Å²) >= 11 is 0. The maximum atomic E-state index is 11.8. The van der Waals surface area contributed by atoms with Crippen LogP contribution in [0.5, 0.6) is 5.75 Å². The van der Waals surface area contributed by atoms with E-state index in [0.717, 1.165) is 31.2 Å². The molecule has 0 radical (unpaired) electrons. The molecule has 22 heavy (non-hydrogen) atoms. The molecule has 2 rings (SSSR count). The molecule has 1 fully saturated rings. The van der Waals surface area contributed by atoms with E-state index < -0.39 is 11.7 Å². The smallest absolute Gasteiger partial charge is 0.412 e. The van der Waals surface area contributed by atoms with Gasteiger partial charge in [-0.15, -0.1) is 0 Å². The molecule has 122 valence electrons. The van der Waals surface area contributed by atoms with Gasteiger partial charge < -0.3 is 15.6 Å². The van der Waals surface area contributed by atoms with Crippen LogP contribution in [0.4, 0.5) is 10.5 Å². The van der Waals surface area contributed by atoms with Crippen LogP contribution >= 0.6 is 0 Å². The molecule has 1 aliphatic rings. The summed E-state index contributed by atoms with van der Waals surface area (Å²) in [7, 11) is 0. The number of carbonyl (C=O) groups excluding carboxylic acids is 1. The summed E-state index contributed by atoms with van der Waals surface area (Å²) in [6.07, 6.45) is 3.73. The van der Waals surface area contributed by atoms with Crippen LogP contribution in [0.1, 0.15) is 52.0 Å². The quantitative estimate of drug-likeness (QED) is 0.798. The zero-order valence-corrected chi connectivity index (χ0v) is 13.6. The van der Waals surface area contributed by atoms with E-state index in [1.807, 2.05) is 6.07 Å². The zero-order valence-electron chi connectivity index (χ0n) is 13.6. The number of nitrogens with one attached hydrogen (secondary N) is 1. The van der Waals surface area contributed by atoms with Gasteiger partial charge in [0.25, 0.3) is 0 Å². The lowest BCUT2D eigenvalue weighted by Crippen LogP contribution is -2.32. The number of anilines is 1. The van der Waals surface area contributed by atoms with Crippen molar-refractivity contribution in [2.75, 3.05) is 11.9 Å². The van der Waals surface area contributed by atoms with Gasteiger partial charge in [0.1, 0.15) is 11.4 Å². The number of benzene rings is 1. The Labute approximate surface area is 131 Å². The van der Waals surface area contributed by atoms with Crippen molar-refractivity contribution in [2.24, 2.45) is 5.73 Å². The summed E-state index contributed by atoms with van der Waals surface area (Å²) in [5.74, 6) is 0.181. The number of carbonyl (C=O) groups is 1. The minimum Gasteiger partial charge on any atom is -0.508 e. The minimum absolute atomic E-state index is 0.130. The number of phenolic OH excluding ortho intramolecular Hbond substituents is 1. The van der Waals surface area contributed by atoms with Crippen molar-refractivity contribution < 1.29 is 14.6 Å². The lowest BCUT2D eigenvalue weighted by atomic mass is 9.78. The van der Waals surface area contributed by atoms with Gasteiger partial charge in [-0.1, -0.05) is 18.9 Å². The Morgan fingerprint density at radius 1 is 1.36 bits per heavy atom. The third-order valence-corrected chi connectivity index (χ3v) is 4.17. The molecule has 0 heterocycles. The first kappa shape index (κ1) is 16.6. The molecule has 1 saturated carbocycles. The largest absolute Gasteiger partial charge is 0.508 e. The molecule has 0 aliphatic heterocycles. The highest BCUT2D eigenvalue weighted by molar-refractivity contribution is 5.85. The molecule has 0 aromatic heterocycles. The maximum absolute atomic E-state index is 11.8. The summed E-state index contributed by atoms with van der Waals surface area (Å²) in [5, 5.41) is 13.0. The second-order valence-corrected chi connectivity index (χ2v) is 7.05. The summed E-state index contributed by atoms with van der Waals surface area (Å²) < 4.78 is 5.20. The van der Waals surface area contributed by atoms with Gasteiger partial charge in [-0.2, -0.15) is 0 Å². The molecule has 1 aromatic rings. The normalized spacial score (nSPS) is 17.3. The van der Waals surface area contributed by atoms with E-state index in [1.54, 1.807) is 32.9 Å². The van der Waals surface area contributed by atoms with Crippen LogP contribution in [-0.4, -0.2) is 23.3 Å². The van der Waals surface area contributed by atoms with E-state index in [2.05, 4.69) is 5.32 Å². The summed E-state index contributed by atoms with van der Waals surface area (Å²) in [4.78, 5) is 11.8.